The van der Waals surface area contributed by atoms with Crippen LogP contribution in [-0.2, 0) is 6.61 Å². The van der Waals surface area contributed by atoms with Crippen LogP contribution in [0.15, 0.2) is 36.8 Å². The van der Waals surface area contributed by atoms with Gasteiger partial charge in [0.25, 0.3) is 0 Å². The fourth-order valence-corrected chi connectivity index (χ4v) is 1.54. The molecule has 2 aromatic heterocycles. The van der Waals surface area contributed by atoms with E-state index < -0.39 is 0 Å². The van der Waals surface area contributed by atoms with Crippen molar-refractivity contribution in [2.45, 2.75) is 13.5 Å². The first-order chi connectivity index (χ1) is 7.33. The van der Waals surface area contributed by atoms with Gasteiger partial charge in [-0.15, -0.1) is 0 Å². The van der Waals surface area contributed by atoms with Gasteiger partial charge in [-0.1, -0.05) is 0 Å². The van der Waals surface area contributed by atoms with Crippen LogP contribution in [0.3, 0.4) is 0 Å². The Morgan fingerprint density at radius 2 is 2.13 bits per heavy atom. The van der Waals surface area contributed by atoms with Crippen LogP contribution in [0, 0.1) is 6.92 Å². The van der Waals surface area contributed by atoms with Crippen LogP contribution in [0.4, 0.5) is 0 Å². The largest absolute Gasteiger partial charge is 0.392 e. The highest BCUT2D eigenvalue weighted by Gasteiger charge is 2.07. The molecule has 2 rings (SSSR count). The quantitative estimate of drug-likeness (QED) is 0.805. The standard InChI is InChI=1S/C12H12N2O/c1-9-4-6-14-12(11(9)8-15)10-3-2-5-13-7-10/h2-7,15H,8H2,1H3. The molecule has 0 aliphatic rings. The lowest BCUT2D eigenvalue weighted by atomic mass is 10.0. The predicted octanol–water partition coefficient (Wildman–Crippen LogP) is 1.94. The van der Waals surface area contributed by atoms with Crippen molar-refractivity contribution in [3.63, 3.8) is 0 Å². The van der Waals surface area contributed by atoms with Gasteiger partial charge in [-0.05, 0) is 30.7 Å². The number of aliphatic hydroxyl groups is 1. The van der Waals surface area contributed by atoms with Gasteiger partial charge in [0.15, 0.2) is 0 Å². The first-order valence-corrected chi connectivity index (χ1v) is 4.78. The second kappa shape index (κ2) is 4.19. The summed E-state index contributed by atoms with van der Waals surface area (Å²) in [5.74, 6) is 0. The Balaban J connectivity index is 2.58. The molecule has 0 fully saturated rings. The van der Waals surface area contributed by atoms with Gasteiger partial charge < -0.3 is 5.11 Å². The highest BCUT2D eigenvalue weighted by Crippen LogP contribution is 2.22. The van der Waals surface area contributed by atoms with E-state index in [0.717, 1.165) is 22.4 Å². The molecule has 0 atom stereocenters. The van der Waals surface area contributed by atoms with Crippen molar-refractivity contribution in [2.24, 2.45) is 0 Å². The third-order valence-electron chi connectivity index (χ3n) is 2.38. The molecule has 0 amide bonds. The summed E-state index contributed by atoms with van der Waals surface area (Å²) in [5, 5.41) is 9.30. The Bertz CT molecular complexity index is 454. The summed E-state index contributed by atoms with van der Waals surface area (Å²) in [4.78, 5) is 8.33. The van der Waals surface area contributed by atoms with Crippen LogP contribution in [0.25, 0.3) is 11.3 Å². The van der Waals surface area contributed by atoms with E-state index in [0.29, 0.717) is 0 Å². The number of aromatic nitrogens is 2. The summed E-state index contributed by atoms with van der Waals surface area (Å²) in [7, 11) is 0. The van der Waals surface area contributed by atoms with Crippen molar-refractivity contribution in [2.75, 3.05) is 0 Å². The maximum absolute atomic E-state index is 9.30. The zero-order valence-electron chi connectivity index (χ0n) is 8.51. The number of hydrogen-bond donors (Lipinski definition) is 1. The summed E-state index contributed by atoms with van der Waals surface area (Å²) >= 11 is 0. The summed E-state index contributed by atoms with van der Waals surface area (Å²) in [6.07, 6.45) is 5.22. The highest BCUT2D eigenvalue weighted by atomic mass is 16.3. The zero-order valence-corrected chi connectivity index (χ0v) is 8.51. The number of hydrogen-bond acceptors (Lipinski definition) is 3. The monoisotopic (exact) mass is 200 g/mol. The van der Waals surface area contributed by atoms with Crippen LogP contribution in [-0.4, -0.2) is 15.1 Å². The minimum absolute atomic E-state index is 0.00387. The van der Waals surface area contributed by atoms with E-state index in [4.69, 9.17) is 0 Å². The van der Waals surface area contributed by atoms with Crippen LogP contribution in [0.1, 0.15) is 11.1 Å². The molecule has 0 aliphatic carbocycles. The Kier molecular flexibility index (Phi) is 2.74. The fraction of sp³-hybridized carbons (Fsp3) is 0.167. The number of aliphatic hydroxyl groups excluding tert-OH is 1. The maximum Gasteiger partial charge on any atom is 0.0775 e. The van der Waals surface area contributed by atoms with Crippen LogP contribution in [0.5, 0.6) is 0 Å². The molecular weight excluding hydrogens is 188 g/mol. The van der Waals surface area contributed by atoms with Crippen molar-refractivity contribution in [3.8, 4) is 11.3 Å². The number of aryl methyl sites for hydroxylation is 1. The molecule has 0 bridgehead atoms. The van der Waals surface area contributed by atoms with Gasteiger partial charge in [-0.25, -0.2) is 0 Å². The van der Waals surface area contributed by atoms with Crippen molar-refractivity contribution < 1.29 is 5.11 Å². The molecule has 0 saturated heterocycles. The number of nitrogens with zero attached hydrogens (tertiary/aromatic N) is 2. The molecule has 3 heteroatoms. The third-order valence-corrected chi connectivity index (χ3v) is 2.38. The average Bonchev–Trinajstić information content (AvgIpc) is 2.30. The Morgan fingerprint density at radius 3 is 2.80 bits per heavy atom. The SMILES string of the molecule is Cc1ccnc(-c2cccnc2)c1CO. The van der Waals surface area contributed by atoms with Gasteiger partial charge in [0.05, 0.1) is 12.3 Å². The normalized spacial score (nSPS) is 10.3. The van der Waals surface area contributed by atoms with Crippen molar-refractivity contribution >= 4 is 0 Å². The Morgan fingerprint density at radius 1 is 1.27 bits per heavy atom. The topological polar surface area (TPSA) is 46.0 Å². The van der Waals surface area contributed by atoms with Crippen molar-refractivity contribution in [1.82, 2.24) is 9.97 Å². The second-order valence-electron chi connectivity index (χ2n) is 3.35. The molecule has 76 valence electrons. The minimum atomic E-state index is 0.00387. The van der Waals surface area contributed by atoms with E-state index in [-0.39, 0.29) is 6.61 Å². The third kappa shape index (κ3) is 1.87. The second-order valence-corrected chi connectivity index (χ2v) is 3.35. The summed E-state index contributed by atoms with van der Waals surface area (Å²) < 4.78 is 0. The average molecular weight is 200 g/mol. The van der Waals surface area contributed by atoms with Crippen LogP contribution in [0.2, 0.25) is 0 Å². The van der Waals surface area contributed by atoms with Gasteiger partial charge in [-0.2, -0.15) is 0 Å². The minimum Gasteiger partial charge on any atom is -0.392 e. The fourth-order valence-electron chi connectivity index (χ4n) is 1.54. The molecule has 0 spiro atoms. The van der Waals surface area contributed by atoms with E-state index in [1.165, 1.54) is 0 Å². The van der Waals surface area contributed by atoms with Crippen LogP contribution >= 0.6 is 0 Å². The van der Waals surface area contributed by atoms with E-state index in [2.05, 4.69) is 9.97 Å². The van der Waals surface area contributed by atoms with Crippen LogP contribution < -0.4 is 0 Å². The molecule has 3 nitrogen and oxygen atoms in total. The lowest BCUT2D eigenvalue weighted by molar-refractivity contribution is 0.281. The molecule has 2 aromatic rings. The highest BCUT2D eigenvalue weighted by molar-refractivity contribution is 5.63. The first-order valence-electron chi connectivity index (χ1n) is 4.78. The van der Waals surface area contributed by atoms with Gasteiger partial charge in [0.1, 0.15) is 0 Å². The molecular formula is C12H12N2O. The predicted molar refractivity (Wildman–Crippen MR) is 58.1 cm³/mol. The lowest BCUT2D eigenvalue weighted by Gasteiger charge is -2.08. The maximum atomic E-state index is 9.30. The summed E-state index contributed by atoms with van der Waals surface area (Å²) in [5.41, 5.74) is 3.66. The van der Waals surface area contributed by atoms with E-state index in [1.807, 2.05) is 25.1 Å². The lowest BCUT2D eigenvalue weighted by Crippen LogP contribution is -1.96. The number of pyridine rings is 2. The van der Waals surface area contributed by atoms with Crippen molar-refractivity contribution in [1.29, 1.82) is 0 Å². The van der Waals surface area contributed by atoms with E-state index >= 15 is 0 Å². The van der Waals surface area contributed by atoms with Gasteiger partial charge in [0, 0.05) is 29.7 Å². The summed E-state index contributed by atoms with van der Waals surface area (Å²) in [6, 6.07) is 5.69. The Labute approximate surface area is 88.5 Å². The van der Waals surface area contributed by atoms with Gasteiger partial charge >= 0.3 is 0 Å². The molecule has 1 N–H and O–H groups in total. The zero-order chi connectivity index (χ0) is 10.7. The van der Waals surface area contributed by atoms with Gasteiger partial charge in [0.2, 0.25) is 0 Å². The molecule has 0 saturated carbocycles. The molecule has 0 unspecified atom stereocenters. The number of rotatable bonds is 2. The molecule has 0 radical (unpaired) electrons. The van der Waals surface area contributed by atoms with E-state index in [1.54, 1.807) is 18.6 Å². The molecule has 15 heavy (non-hydrogen) atoms. The first kappa shape index (κ1) is 9.80. The van der Waals surface area contributed by atoms with Crippen molar-refractivity contribution in [3.05, 3.63) is 47.9 Å². The molecule has 2 heterocycles. The molecule has 0 aliphatic heterocycles. The van der Waals surface area contributed by atoms with Gasteiger partial charge in [-0.3, -0.25) is 9.97 Å². The summed E-state index contributed by atoms with van der Waals surface area (Å²) in [6.45, 7) is 1.97. The Hall–Kier alpha value is -1.74. The van der Waals surface area contributed by atoms with E-state index in [9.17, 15) is 5.11 Å². The smallest absolute Gasteiger partial charge is 0.0775 e. The molecule has 0 aromatic carbocycles.